The second-order valence-corrected chi connectivity index (χ2v) is 5.75. The highest BCUT2D eigenvalue weighted by Gasteiger charge is 2.10. The first-order chi connectivity index (χ1) is 10.1. The van der Waals surface area contributed by atoms with E-state index >= 15 is 0 Å². The standard InChI is InChI=1S/C17H19Cl2NO/c1-3-9-21-15-6-4-5-14(11-15)20-12(2)16-10-13(18)7-8-17(16)19/h4-8,10-12,20H,3,9H2,1-2H3. The van der Waals surface area contributed by atoms with Crippen LogP contribution in [0.3, 0.4) is 0 Å². The molecule has 0 radical (unpaired) electrons. The van der Waals surface area contributed by atoms with Gasteiger partial charge in [0.05, 0.1) is 12.6 Å². The fourth-order valence-electron chi connectivity index (χ4n) is 2.07. The molecule has 0 saturated carbocycles. The van der Waals surface area contributed by atoms with Crippen molar-refractivity contribution in [1.82, 2.24) is 0 Å². The minimum atomic E-state index is 0.0534. The van der Waals surface area contributed by atoms with Crippen LogP contribution >= 0.6 is 23.2 Å². The van der Waals surface area contributed by atoms with Crippen LogP contribution in [-0.4, -0.2) is 6.61 Å². The third kappa shape index (κ3) is 4.55. The van der Waals surface area contributed by atoms with Crippen molar-refractivity contribution in [2.45, 2.75) is 26.3 Å². The van der Waals surface area contributed by atoms with E-state index in [1.807, 2.05) is 36.4 Å². The van der Waals surface area contributed by atoms with Crippen molar-refractivity contribution < 1.29 is 4.74 Å². The van der Waals surface area contributed by atoms with Crippen molar-refractivity contribution in [3.8, 4) is 5.75 Å². The lowest BCUT2D eigenvalue weighted by Gasteiger charge is -2.18. The van der Waals surface area contributed by atoms with Gasteiger partial charge in [-0.05, 0) is 49.2 Å². The fraction of sp³-hybridized carbons (Fsp3) is 0.294. The van der Waals surface area contributed by atoms with Crippen LogP contribution in [0.2, 0.25) is 10.0 Å². The second-order valence-electron chi connectivity index (χ2n) is 4.91. The van der Waals surface area contributed by atoms with E-state index < -0.39 is 0 Å². The van der Waals surface area contributed by atoms with Gasteiger partial charge in [-0.1, -0.05) is 36.2 Å². The van der Waals surface area contributed by atoms with E-state index in [0.29, 0.717) is 10.0 Å². The topological polar surface area (TPSA) is 21.3 Å². The Morgan fingerprint density at radius 2 is 1.95 bits per heavy atom. The molecule has 1 N–H and O–H groups in total. The molecule has 0 bridgehead atoms. The minimum Gasteiger partial charge on any atom is -0.494 e. The predicted octanol–water partition coefficient (Wildman–Crippen LogP) is 5.96. The van der Waals surface area contributed by atoms with Gasteiger partial charge in [0.15, 0.2) is 0 Å². The van der Waals surface area contributed by atoms with Crippen LogP contribution in [0.1, 0.15) is 31.9 Å². The Bertz CT molecular complexity index is 601. The van der Waals surface area contributed by atoms with Crippen LogP contribution in [0.4, 0.5) is 5.69 Å². The second kappa shape index (κ2) is 7.58. The summed E-state index contributed by atoms with van der Waals surface area (Å²) in [6.45, 7) is 4.86. The molecule has 0 spiro atoms. The maximum Gasteiger partial charge on any atom is 0.121 e. The Kier molecular flexibility index (Phi) is 5.77. The normalized spacial score (nSPS) is 12.0. The maximum absolute atomic E-state index is 6.23. The molecule has 1 atom stereocenters. The monoisotopic (exact) mass is 323 g/mol. The van der Waals surface area contributed by atoms with Gasteiger partial charge in [-0.3, -0.25) is 0 Å². The molecular weight excluding hydrogens is 305 g/mol. The van der Waals surface area contributed by atoms with Crippen LogP contribution < -0.4 is 10.1 Å². The summed E-state index contributed by atoms with van der Waals surface area (Å²) in [6.07, 6.45) is 0.992. The lowest BCUT2D eigenvalue weighted by atomic mass is 10.1. The zero-order valence-electron chi connectivity index (χ0n) is 12.2. The lowest BCUT2D eigenvalue weighted by Crippen LogP contribution is -2.07. The zero-order chi connectivity index (χ0) is 15.2. The highest BCUT2D eigenvalue weighted by atomic mass is 35.5. The summed E-state index contributed by atoms with van der Waals surface area (Å²) in [7, 11) is 0. The van der Waals surface area contributed by atoms with Crippen molar-refractivity contribution in [3.05, 3.63) is 58.1 Å². The van der Waals surface area contributed by atoms with E-state index in [9.17, 15) is 0 Å². The third-order valence-corrected chi connectivity index (χ3v) is 3.69. The highest BCUT2D eigenvalue weighted by molar-refractivity contribution is 6.33. The Hall–Kier alpha value is -1.38. The molecule has 21 heavy (non-hydrogen) atoms. The van der Waals surface area contributed by atoms with Gasteiger partial charge in [-0.2, -0.15) is 0 Å². The smallest absolute Gasteiger partial charge is 0.121 e. The SMILES string of the molecule is CCCOc1cccc(NC(C)c2cc(Cl)ccc2Cl)c1. The molecule has 4 heteroatoms. The summed E-state index contributed by atoms with van der Waals surface area (Å²) in [5.41, 5.74) is 1.97. The first-order valence-electron chi connectivity index (χ1n) is 7.04. The molecule has 0 fully saturated rings. The maximum atomic E-state index is 6.23. The number of benzene rings is 2. The Morgan fingerprint density at radius 1 is 1.14 bits per heavy atom. The highest BCUT2D eigenvalue weighted by Crippen LogP contribution is 2.29. The average Bonchev–Trinajstić information content (AvgIpc) is 2.48. The molecule has 2 rings (SSSR count). The van der Waals surface area contributed by atoms with Gasteiger partial charge in [0, 0.05) is 21.8 Å². The molecule has 0 saturated heterocycles. The molecule has 0 aromatic heterocycles. The molecule has 0 aliphatic carbocycles. The van der Waals surface area contributed by atoms with Crippen LogP contribution in [0, 0.1) is 0 Å². The summed E-state index contributed by atoms with van der Waals surface area (Å²) >= 11 is 12.3. The van der Waals surface area contributed by atoms with E-state index in [1.54, 1.807) is 6.07 Å². The molecule has 1 unspecified atom stereocenters. The van der Waals surface area contributed by atoms with E-state index in [4.69, 9.17) is 27.9 Å². The van der Waals surface area contributed by atoms with E-state index in [1.165, 1.54) is 0 Å². The summed E-state index contributed by atoms with van der Waals surface area (Å²) < 4.78 is 5.64. The van der Waals surface area contributed by atoms with Crippen molar-refractivity contribution in [1.29, 1.82) is 0 Å². The molecule has 2 aromatic rings. The molecular formula is C17H19Cl2NO. The molecule has 0 heterocycles. The molecule has 2 aromatic carbocycles. The Balaban J connectivity index is 2.11. The van der Waals surface area contributed by atoms with E-state index in [-0.39, 0.29) is 6.04 Å². The van der Waals surface area contributed by atoms with Gasteiger partial charge < -0.3 is 10.1 Å². The minimum absolute atomic E-state index is 0.0534. The number of rotatable bonds is 6. The number of nitrogens with one attached hydrogen (secondary N) is 1. The lowest BCUT2D eigenvalue weighted by molar-refractivity contribution is 0.317. The van der Waals surface area contributed by atoms with Gasteiger partial charge in [0.2, 0.25) is 0 Å². The van der Waals surface area contributed by atoms with Crippen LogP contribution in [0.5, 0.6) is 5.75 Å². The summed E-state index contributed by atoms with van der Waals surface area (Å²) in [4.78, 5) is 0. The van der Waals surface area contributed by atoms with Crippen molar-refractivity contribution in [3.63, 3.8) is 0 Å². The molecule has 0 aliphatic heterocycles. The zero-order valence-corrected chi connectivity index (χ0v) is 13.7. The molecule has 112 valence electrons. The number of anilines is 1. The Morgan fingerprint density at radius 3 is 2.71 bits per heavy atom. The van der Waals surface area contributed by atoms with Crippen molar-refractivity contribution in [2.75, 3.05) is 11.9 Å². The quantitative estimate of drug-likeness (QED) is 0.708. The molecule has 2 nitrogen and oxygen atoms in total. The first kappa shape index (κ1) is 16.0. The van der Waals surface area contributed by atoms with Gasteiger partial charge >= 0.3 is 0 Å². The Labute approximate surface area is 136 Å². The van der Waals surface area contributed by atoms with E-state index in [0.717, 1.165) is 30.0 Å². The summed E-state index contributed by atoms with van der Waals surface area (Å²) in [5.74, 6) is 0.867. The van der Waals surface area contributed by atoms with Gasteiger partial charge in [-0.15, -0.1) is 0 Å². The first-order valence-corrected chi connectivity index (χ1v) is 7.80. The van der Waals surface area contributed by atoms with Gasteiger partial charge in [-0.25, -0.2) is 0 Å². The molecule has 0 aliphatic rings. The van der Waals surface area contributed by atoms with E-state index in [2.05, 4.69) is 19.2 Å². The summed E-state index contributed by atoms with van der Waals surface area (Å²) in [6, 6.07) is 13.5. The number of hydrogen-bond donors (Lipinski definition) is 1. The number of hydrogen-bond acceptors (Lipinski definition) is 2. The van der Waals surface area contributed by atoms with Gasteiger partial charge in [0.1, 0.15) is 5.75 Å². The number of ether oxygens (including phenoxy) is 1. The fourth-order valence-corrected chi connectivity index (χ4v) is 2.53. The predicted molar refractivity (Wildman–Crippen MR) is 90.7 cm³/mol. The summed E-state index contributed by atoms with van der Waals surface area (Å²) in [5, 5.41) is 4.81. The third-order valence-electron chi connectivity index (χ3n) is 3.11. The largest absolute Gasteiger partial charge is 0.494 e. The van der Waals surface area contributed by atoms with Crippen molar-refractivity contribution >= 4 is 28.9 Å². The van der Waals surface area contributed by atoms with Crippen LogP contribution in [0.25, 0.3) is 0 Å². The molecule has 0 amide bonds. The van der Waals surface area contributed by atoms with Crippen LogP contribution in [0.15, 0.2) is 42.5 Å². The average molecular weight is 324 g/mol. The van der Waals surface area contributed by atoms with Crippen LogP contribution in [-0.2, 0) is 0 Å². The van der Waals surface area contributed by atoms with Crippen molar-refractivity contribution in [2.24, 2.45) is 0 Å². The van der Waals surface area contributed by atoms with Gasteiger partial charge in [0.25, 0.3) is 0 Å². The number of halogens is 2.